The molecule has 0 unspecified atom stereocenters. The van der Waals surface area contributed by atoms with Gasteiger partial charge in [0.25, 0.3) is 10.0 Å². The minimum absolute atomic E-state index is 0.0441. The van der Waals surface area contributed by atoms with Gasteiger partial charge in [0.2, 0.25) is 17.7 Å². The second-order valence-electron chi connectivity index (χ2n) is 5.74. The van der Waals surface area contributed by atoms with Crippen LogP contribution in [0.5, 0.6) is 11.8 Å². The Morgan fingerprint density at radius 3 is 2.52 bits per heavy atom. The molecule has 2 N–H and O–H groups in total. The topological polar surface area (TPSA) is 130 Å². The molecule has 2 aromatic heterocycles. The van der Waals surface area contributed by atoms with E-state index in [0.717, 1.165) is 0 Å². The van der Waals surface area contributed by atoms with Gasteiger partial charge in [0.05, 0.1) is 35.8 Å². The Labute approximate surface area is 174 Å². The fourth-order valence-electron chi connectivity index (χ4n) is 2.73. The highest BCUT2D eigenvalue weighted by Gasteiger charge is 2.24. The summed E-state index contributed by atoms with van der Waals surface area (Å²) in [5.41, 5.74) is 0.487. The Morgan fingerprint density at radius 1 is 1.28 bits per heavy atom. The maximum absolute atomic E-state index is 14.2. The number of nitrogens with one attached hydrogen (secondary N) is 2. The molecule has 0 spiro atoms. The first-order chi connectivity index (χ1) is 13.8. The number of hydrogen-bond donors (Lipinski definition) is 2. The van der Waals surface area contributed by atoms with Crippen LogP contribution in [0.3, 0.4) is 0 Å². The lowest BCUT2D eigenvalue weighted by Gasteiger charge is -2.13. The van der Waals surface area contributed by atoms with Gasteiger partial charge in [-0.1, -0.05) is 6.07 Å². The molecule has 12 heteroatoms. The average molecular weight is 484 g/mol. The summed E-state index contributed by atoms with van der Waals surface area (Å²) < 4.78 is 52.8. The van der Waals surface area contributed by atoms with Gasteiger partial charge in [-0.15, -0.1) is 0 Å². The summed E-state index contributed by atoms with van der Waals surface area (Å²) in [6.07, 6.45) is 1.63. The molecule has 29 heavy (non-hydrogen) atoms. The van der Waals surface area contributed by atoms with Gasteiger partial charge in [-0.2, -0.15) is 15.2 Å². The van der Waals surface area contributed by atoms with Crippen molar-refractivity contribution in [3.8, 4) is 17.8 Å². The lowest BCUT2D eigenvalue weighted by Crippen LogP contribution is -2.16. The molecule has 3 rings (SSSR count). The predicted molar refractivity (Wildman–Crippen MR) is 106 cm³/mol. The molecule has 1 aromatic carbocycles. The number of nitrogens with zero attached hydrogens (tertiary/aromatic N) is 3. The number of sulfonamides is 1. The van der Waals surface area contributed by atoms with Crippen LogP contribution < -0.4 is 14.2 Å². The zero-order valence-corrected chi connectivity index (χ0v) is 17.7. The third-order valence-electron chi connectivity index (χ3n) is 4.03. The highest BCUT2D eigenvalue weighted by atomic mass is 79.9. The van der Waals surface area contributed by atoms with Gasteiger partial charge in [-0.05, 0) is 28.4 Å². The van der Waals surface area contributed by atoms with Crippen LogP contribution in [0.25, 0.3) is 10.9 Å². The summed E-state index contributed by atoms with van der Waals surface area (Å²) >= 11 is 3.06. The molecule has 152 valence electrons. The molecule has 0 saturated carbocycles. The summed E-state index contributed by atoms with van der Waals surface area (Å²) in [7, 11) is -1.44. The normalized spacial score (nSPS) is 11.3. The van der Waals surface area contributed by atoms with Gasteiger partial charge >= 0.3 is 0 Å². The highest BCUT2D eigenvalue weighted by Crippen LogP contribution is 2.31. The van der Waals surface area contributed by atoms with Crippen molar-refractivity contribution in [2.45, 2.75) is 17.7 Å². The number of methoxy groups -OCH3 is 2. The van der Waals surface area contributed by atoms with E-state index in [1.54, 1.807) is 0 Å². The second kappa shape index (κ2) is 8.22. The SMILES string of the molecule is COc1nc(NS(=O)(=O)c2c[nH]c3c(F)c(Br)ccc23)nc(OC)c1CCC#N. The van der Waals surface area contributed by atoms with Crippen molar-refractivity contribution in [1.29, 1.82) is 5.26 Å². The van der Waals surface area contributed by atoms with Crippen LogP contribution in [0.4, 0.5) is 10.3 Å². The number of anilines is 1. The first kappa shape index (κ1) is 20.8. The summed E-state index contributed by atoms with van der Waals surface area (Å²) in [4.78, 5) is 10.6. The molecule has 0 amide bonds. The van der Waals surface area contributed by atoms with Gasteiger partial charge in [0.15, 0.2) is 5.82 Å². The zero-order chi connectivity index (χ0) is 21.2. The molecule has 0 aliphatic rings. The minimum Gasteiger partial charge on any atom is -0.481 e. The Balaban J connectivity index is 2.03. The average Bonchev–Trinajstić information content (AvgIpc) is 3.14. The van der Waals surface area contributed by atoms with Crippen LogP contribution in [0, 0.1) is 17.1 Å². The van der Waals surface area contributed by atoms with Crippen LogP contribution in [-0.4, -0.2) is 37.6 Å². The van der Waals surface area contributed by atoms with E-state index >= 15 is 0 Å². The number of benzene rings is 1. The van der Waals surface area contributed by atoms with Crippen molar-refractivity contribution in [3.63, 3.8) is 0 Å². The largest absolute Gasteiger partial charge is 0.481 e. The first-order valence-corrected chi connectivity index (χ1v) is 10.4. The van der Waals surface area contributed by atoms with E-state index in [4.69, 9.17) is 14.7 Å². The van der Waals surface area contributed by atoms with Crippen molar-refractivity contribution in [1.82, 2.24) is 15.0 Å². The number of H-pyrrole nitrogens is 1. The number of nitriles is 1. The zero-order valence-electron chi connectivity index (χ0n) is 15.3. The number of aromatic amines is 1. The maximum Gasteiger partial charge on any atom is 0.266 e. The van der Waals surface area contributed by atoms with E-state index in [2.05, 4.69) is 35.6 Å². The Bertz CT molecular complexity index is 1200. The summed E-state index contributed by atoms with van der Waals surface area (Å²) in [5, 5.41) is 8.96. The van der Waals surface area contributed by atoms with Crippen LogP contribution in [0.1, 0.15) is 12.0 Å². The molecular weight excluding hydrogens is 469 g/mol. The minimum atomic E-state index is -4.16. The van der Waals surface area contributed by atoms with Crippen molar-refractivity contribution in [3.05, 3.63) is 34.2 Å². The fourth-order valence-corrected chi connectivity index (χ4v) is 4.18. The third-order valence-corrected chi connectivity index (χ3v) is 6.01. The standard InChI is InChI=1S/C17H15BrFN5O4S/c1-27-15-10(4-3-7-20)16(28-2)23-17(22-15)24-29(25,26)12-8-21-14-9(12)5-6-11(18)13(14)19/h5-6,8,21H,3-4H2,1-2H3,(H,22,23,24). The molecule has 2 heterocycles. The van der Waals surface area contributed by atoms with E-state index < -0.39 is 15.8 Å². The quantitative estimate of drug-likeness (QED) is 0.527. The summed E-state index contributed by atoms with van der Waals surface area (Å²) in [6.45, 7) is 0. The molecule has 3 aromatic rings. The number of aromatic nitrogens is 3. The van der Waals surface area contributed by atoms with Gasteiger partial charge in [-0.3, -0.25) is 0 Å². The highest BCUT2D eigenvalue weighted by molar-refractivity contribution is 9.10. The van der Waals surface area contributed by atoms with Gasteiger partial charge in [0, 0.05) is 18.0 Å². The van der Waals surface area contributed by atoms with E-state index in [9.17, 15) is 12.8 Å². The van der Waals surface area contributed by atoms with E-state index in [-0.39, 0.29) is 50.8 Å². The number of ether oxygens (including phenoxy) is 2. The Kier molecular flexibility index (Phi) is 5.90. The van der Waals surface area contributed by atoms with Crippen LogP contribution >= 0.6 is 15.9 Å². The van der Waals surface area contributed by atoms with Crippen molar-refractivity contribution >= 4 is 42.8 Å². The monoisotopic (exact) mass is 483 g/mol. The molecule has 0 atom stereocenters. The molecule has 9 nitrogen and oxygen atoms in total. The first-order valence-electron chi connectivity index (χ1n) is 8.16. The van der Waals surface area contributed by atoms with Crippen LogP contribution in [0.2, 0.25) is 0 Å². The molecule has 0 saturated heterocycles. The third kappa shape index (κ3) is 3.96. The van der Waals surface area contributed by atoms with Gasteiger partial charge in [0.1, 0.15) is 4.90 Å². The van der Waals surface area contributed by atoms with Crippen LogP contribution in [-0.2, 0) is 16.4 Å². The molecule has 0 aliphatic heterocycles. The van der Waals surface area contributed by atoms with Crippen molar-refractivity contribution in [2.24, 2.45) is 0 Å². The number of hydrogen-bond acceptors (Lipinski definition) is 7. The lowest BCUT2D eigenvalue weighted by atomic mass is 10.2. The second-order valence-corrected chi connectivity index (χ2v) is 8.25. The van der Waals surface area contributed by atoms with Crippen molar-refractivity contribution in [2.75, 3.05) is 18.9 Å². The maximum atomic E-state index is 14.2. The van der Waals surface area contributed by atoms with E-state index in [1.807, 2.05) is 6.07 Å². The lowest BCUT2D eigenvalue weighted by molar-refractivity contribution is 0.364. The molecule has 0 fully saturated rings. The molecule has 0 aliphatic carbocycles. The smallest absolute Gasteiger partial charge is 0.266 e. The molecular formula is C17H15BrFN5O4S. The van der Waals surface area contributed by atoms with Crippen molar-refractivity contribution < 1.29 is 22.3 Å². The molecule has 0 bridgehead atoms. The molecule has 0 radical (unpaired) electrons. The number of rotatable bonds is 7. The van der Waals surface area contributed by atoms with E-state index in [1.165, 1.54) is 32.5 Å². The van der Waals surface area contributed by atoms with E-state index in [0.29, 0.717) is 5.56 Å². The summed E-state index contributed by atoms with van der Waals surface area (Å²) in [5.74, 6) is -0.728. The number of halogens is 2. The Hall–Kier alpha value is -2.91. The predicted octanol–water partition coefficient (Wildman–Crippen LogP) is 3.13. The van der Waals surface area contributed by atoms with Crippen LogP contribution in [0.15, 0.2) is 27.7 Å². The van der Waals surface area contributed by atoms with Gasteiger partial charge in [-0.25, -0.2) is 17.5 Å². The fraction of sp³-hybridized carbons (Fsp3) is 0.235. The number of fused-ring (bicyclic) bond motifs is 1. The van der Waals surface area contributed by atoms with Gasteiger partial charge < -0.3 is 14.5 Å². The Morgan fingerprint density at radius 2 is 1.93 bits per heavy atom. The summed E-state index contributed by atoms with van der Waals surface area (Å²) in [6, 6.07) is 4.89.